The fourth-order valence-electron chi connectivity index (χ4n) is 2.48. The van der Waals surface area contributed by atoms with Crippen LogP contribution in [-0.4, -0.2) is 29.3 Å². The summed E-state index contributed by atoms with van der Waals surface area (Å²) in [6.45, 7) is 3.86. The highest BCUT2D eigenvalue weighted by molar-refractivity contribution is 8.00. The zero-order chi connectivity index (χ0) is 16.6. The summed E-state index contributed by atoms with van der Waals surface area (Å²) in [6, 6.07) is 8.12. The highest BCUT2D eigenvalue weighted by Gasteiger charge is 2.23. The topological polar surface area (TPSA) is 52.1 Å². The molecule has 3 aromatic rings. The largest absolute Gasteiger partial charge is 0.465 e. The number of carbonyl (C=O) groups excluding carboxylic acids is 1. The van der Waals surface area contributed by atoms with E-state index in [1.165, 1.54) is 12.7 Å². The number of nitrogens with zero attached hydrogens (tertiary/aromatic N) is 2. The molecule has 0 fully saturated rings. The van der Waals surface area contributed by atoms with E-state index in [1.807, 2.05) is 44.4 Å². The van der Waals surface area contributed by atoms with Crippen LogP contribution in [0.25, 0.3) is 21.5 Å². The zero-order valence-corrected chi connectivity index (χ0v) is 15.0. The predicted molar refractivity (Wildman–Crippen MR) is 95.4 cm³/mol. The van der Waals surface area contributed by atoms with E-state index < -0.39 is 0 Å². The summed E-state index contributed by atoms with van der Waals surface area (Å²) < 4.78 is 6.84. The number of fused-ring (bicyclic) bond motifs is 1. The minimum absolute atomic E-state index is 0.369. The number of thioether (sulfide) groups is 1. The quantitative estimate of drug-likeness (QED) is 0.518. The highest BCUT2D eigenvalue weighted by Crippen LogP contribution is 2.38. The van der Waals surface area contributed by atoms with Crippen LogP contribution in [0.1, 0.15) is 21.6 Å². The molecule has 0 aliphatic carbocycles. The third-order valence-electron chi connectivity index (χ3n) is 3.61. The minimum Gasteiger partial charge on any atom is -0.465 e. The van der Waals surface area contributed by atoms with Crippen molar-refractivity contribution in [3.05, 3.63) is 41.1 Å². The van der Waals surface area contributed by atoms with Gasteiger partial charge in [-0.15, -0.1) is 11.3 Å². The molecule has 6 heteroatoms. The number of ether oxygens (including phenoxy) is 1. The molecule has 0 saturated heterocycles. The predicted octanol–water partition coefficient (Wildman–Crippen LogP) is 4.48. The molecule has 4 nitrogen and oxygen atoms in total. The maximum absolute atomic E-state index is 12.3. The van der Waals surface area contributed by atoms with Crippen molar-refractivity contribution < 1.29 is 9.53 Å². The molecule has 2 aromatic heterocycles. The van der Waals surface area contributed by atoms with Crippen LogP contribution in [0.2, 0.25) is 0 Å². The summed E-state index contributed by atoms with van der Waals surface area (Å²) in [4.78, 5) is 21.4. The van der Waals surface area contributed by atoms with Crippen molar-refractivity contribution in [3.8, 4) is 11.1 Å². The summed E-state index contributed by atoms with van der Waals surface area (Å²) >= 11 is 3.13. The molecule has 0 aliphatic rings. The highest BCUT2D eigenvalue weighted by atomic mass is 32.2. The number of esters is 1. The van der Waals surface area contributed by atoms with Crippen LogP contribution in [0.4, 0.5) is 0 Å². The summed E-state index contributed by atoms with van der Waals surface area (Å²) in [5.41, 5.74) is 4.84. The Morgan fingerprint density at radius 3 is 2.48 bits per heavy atom. The first kappa shape index (κ1) is 16.0. The summed E-state index contributed by atoms with van der Waals surface area (Å²) in [5.74, 6) is -0.369. The van der Waals surface area contributed by atoms with Crippen molar-refractivity contribution in [3.63, 3.8) is 0 Å². The van der Waals surface area contributed by atoms with Gasteiger partial charge in [0.1, 0.15) is 0 Å². The van der Waals surface area contributed by atoms with Gasteiger partial charge < -0.3 is 4.74 Å². The van der Waals surface area contributed by atoms with Crippen LogP contribution < -0.4 is 0 Å². The van der Waals surface area contributed by atoms with Crippen molar-refractivity contribution >= 4 is 39.4 Å². The first-order chi connectivity index (χ1) is 11.0. The number of hydrogen-bond acceptors (Lipinski definition) is 6. The Morgan fingerprint density at radius 2 is 1.87 bits per heavy atom. The monoisotopic (exact) mass is 344 g/mol. The molecule has 0 amide bonds. The fraction of sp³-hybridized carbons (Fsp3) is 0.235. The van der Waals surface area contributed by atoms with Crippen LogP contribution in [0.15, 0.2) is 28.6 Å². The molecule has 0 unspecified atom stereocenters. The smallest absolute Gasteiger partial charge is 0.340 e. The minimum atomic E-state index is -0.369. The number of rotatable bonds is 3. The molecule has 0 bridgehead atoms. The van der Waals surface area contributed by atoms with Crippen LogP contribution in [-0.2, 0) is 4.74 Å². The van der Waals surface area contributed by atoms with E-state index in [0.717, 1.165) is 20.2 Å². The van der Waals surface area contributed by atoms with Gasteiger partial charge in [-0.3, -0.25) is 0 Å². The van der Waals surface area contributed by atoms with E-state index >= 15 is 0 Å². The number of aryl methyl sites for hydroxylation is 2. The first-order valence-corrected chi connectivity index (χ1v) is 9.09. The van der Waals surface area contributed by atoms with E-state index in [9.17, 15) is 4.79 Å². The fourth-order valence-corrected chi connectivity index (χ4v) is 4.05. The molecule has 0 atom stereocenters. The van der Waals surface area contributed by atoms with Gasteiger partial charge in [-0.25, -0.2) is 14.8 Å². The molecule has 3 rings (SSSR count). The van der Waals surface area contributed by atoms with Crippen molar-refractivity contribution in [2.75, 3.05) is 13.4 Å². The Balaban J connectivity index is 2.40. The van der Waals surface area contributed by atoms with Gasteiger partial charge in [0.15, 0.2) is 9.99 Å². The van der Waals surface area contributed by atoms with E-state index in [0.29, 0.717) is 16.9 Å². The van der Waals surface area contributed by atoms with Crippen molar-refractivity contribution in [2.45, 2.75) is 18.2 Å². The summed E-state index contributed by atoms with van der Waals surface area (Å²) in [7, 11) is 1.39. The maximum atomic E-state index is 12.3. The lowest BCUT2D eigenvalue weighted by atomic mass is 9.98. The molecule has 0 N–H and O–H groups in total. The molecule has 0 radical (unpaired) electrons. The third-order valence-corrected chi connectivity index (χ3v) is 5.65. The Labute approximate surface area is 142 Å². The lowest BCUT2D eigenvalue weighted by Gasteiger charge is -2.11. The average Bonchev–Trinajstić information content (AvgIpc) is 2.96. The average molecular weight is 344 g/mol. The molecule has 118 valence electrons. The van der Waals surface area contributed by atoms with Gasteiger partial charge in [0, 0.05) is 5.56 Å². The lowest BCUT2D eigenvalue weighted by molar-refractivity contribution is 0.0600. The van der Waals surface area contributed by atoms with E-state index in [4.69, 9.17) is 4.74 Å². The SMILES string of the molecule is COC(=O)c1c(C)nc2nc(SC)sc2c1-c1ccc(C)cc1. The van der Waals surface area contributed by atoms with Crippen molar-refractivity contribution in [2.24, 2.45) is 0 Å². The number of methoxy groups -OCH3 is 1. The third kappa shape index (κ3) is 2.84. The van der Waals surface area contributed by atoms with Gasteiger partial charge in [0.05, 0.1) is 23.1 Å². The van der Waals surface area contributed by atoms with Crippen LogP contribution >= 0.6 is 23.1 Å². The zero-order valence-electron chi connectivity index (χ0n) is 13.3. The molecule has 0 aliphatic heterocycles. The van der Waals surface area contributed by atoms with E-state index in [-0.39, 0.29) is 5.97 Å². The number of hydrogen-bond donors (Lipinski definition) is 0. The summed E-state index contributed by atoms with van der Waals surface area (Å²) in [6.07, 6.45) is 1.98. The molecule has 1 aromatic carbocycles. The lowest BCUT2D eigenvalue weighted by Crippen LogP contribution is -2.08. The second-order valence-corrected chi connectivity index (χ2v) is 7.19. The van der Waals surface area contributed by atoms with Gasteiger partial charge in [-0.1, -0.05) is 41.6 Å². The van der Waals surface area contributed by atoms with Crippen LogP contribution in [0, 0.1) is 13.8 Å². The second-order valence-electron chi connectivity index (χ2n) is 5.14. The summed E-state index contributed by atoms with van der Waals surface area (Å²) in [5, 5.41) is 0. The standard InChI is InChI=1S/C17H16N2O2S2/c1-9-5-7-11(8-6-9)13-12(16(20)21-3)10(2)18-15-14(13)23-17(19-15)22-4/h5-8H,1-4H3. The first-order valence-electron chi connectivity index (χ1n) is 7.05. The molecular formula is C17H16N2O2S2. The van der Waals surface area contributed by atoms with Gasteiger partial charge in [-0.05, 0) is 25.7 Å². The normalized spacial score (nSPS) is 11.0. The Bertz CT molecular complexity index is 886. The molecule has 2 heterocycles. The van der Waals surface area contributed by atoms with Gasteiger partial charge in [0.25, 0.3) is 0 Å². The maximum Gasteiger partial charge on any atom is 0.340 e. The van der Waals surface area contributed by atoms with E-state index in [2.05, 4.69) is 9.97 Å². The van der Waals surface area contributed by atoms with Gasteiger partial charge >= 0.3 is 5.97 Å². The van der Waals surface area contributed by atoms with Crippen molar-refractivity contribution in [1.29, 1.82) is 0 Å². The number of benzene rings is 1. The van der Waals surface area contributed by atoms with E-state index in [1.54, 1.807) is 23.1 Å². The van der Waals surface area contributed by atoms with Gasteiger partial charge in [-0.2, -0.15) is 0 Å². The van der Waals surface area contributed by atoms with Crippen LogP contribution in [0.5, 0.6) is 0 Å². The second kappa shape index (κ2) is 6.29. The molecule has 0 spiro atoms. The van der Waals surface area contributed by atoms with Crippen molar-refractivity contribution in [1.82, 2.24) is 9.97 Å². The Morgan fingerprint density at radius 1 is 1.17 bits per heavy atom. The molecule has 0 saturated carbocycles. The Hall–Kier alpha value is -1.92. The molecule has 23 heavy (non-hydrogen) atoms. The number of thiazole rings is 1. The van der Waals surface area contributed by atoms with Crippen LogP contribution in [0.3, 0.4) is 0 Å². The number of aromatic nitrogens is 2. The number of carbonyl (C=O) groups is 1. The number of pyridine rings is 1. The van der Waals surface area contributed by atoms with Gasteiger partial charge in [0.2, 0.25) is 0 Å². The Kier molecular flexibility index (Phi) is 4.37. The molecular weight excluding hydrogens is 328 g/mol.